The fraction of sp³-hybridized carbons (Fsp3) is 0.286. The highest BCUT2D eigenvalue weighted by Crippen LogP contribution is 2.29. The van der Waals surface area contributed by atoms with E-state index in [9.17, 15) is 5.11 Å². The van der Waals surface area contributed by atoms with Gasteiger partial charge in [0.2, 0.25) is 0 Å². The third-order valence-corrected chi connectivity index (χ3v) is 4.21. The summed E-state index contributed by atoms with van der Waals surface area (Å²) in [5.41, 5.74) is 3.80. The van der Waals surface area contributed by atoms with Gasteiger partial charge in [-0.3, -0.25) is 0 Å². The summed E-state index contributed by atoms with van der Waals surface area (Å²) in [5, 5.41) is 14.6. The first-order chi connectivity index (χ1) is 12.6. The molecule has 0 saturated carbocycles. The first-order valence-corrected chi connectivity index (χ1v) is 8.67. The number of ether oxygens (including phenoxy) is 1. The van der Waals surface area contributed by atoms with Crippen molar-refractivity contribution in [3.05, 3.63) is 54.6 Å². The molecule has 6 heteroatoms. The second kappa shape index (κ2) is 9.55. The monoisotopic (exact) mass is 387 g/mol. The van der Waals surface area contributed by atoms with Crippen LogP contribution in [0, 0.1) is 0 Å². The van der Waals surface area contributed by atoms with Crippen LogP contribution in [0.25, 0.3) is 22.2 Å². The maximum atomic E-state index is 10.2. The molecule has 0 aliphatic carbocycles. The Morgan fingerprint density at radius 3 is 2.48 bits per heavy atom. The summed E-state index contributed by atoms with van der Waals surface area (Å²) < 4.78 is 5.23. The van der Waals surface area contributed by atoms with Crippen LogP contribution in [0.4, 0.5) is 5.69 Å². The second-order valence-corrected chi connectivity index (χ2v) is 6.60. The van der Waals surface area contributed by atoms with E-state index in [1.54, 1.807) is 7.11 Å². The van der Waals surface area contributed by atoms with Gasteiger partial charge in [-0.25, -0.2) is 4.98 Å². The van der Waals surface area contributed by atoms with Crippen molar-refractivity contribution in [3.63, 3.8) is 0 Å². The third-order valence-electron chi connectivity index (χ3n) is 4.21. The summed E-state index contributed by atoms with van der Waals surface area (Å²) in [6.07, 6.45) is -0.443. The number of likely N-dealkylation sites (N-methyl/N-ethyl adjacent to an activating group) is 1. The van der Waals surface area contributed by atoms with Crippen LogP contribution in [0.1, 0.15) is 0 Å². The SMILES string of the molecule is COc1ccc(-c2cc(NCC(O)CN(C)C)c3ccccc3n2)cc1.Cl. The predicted molar refractivity (Wildman–Crippen MR) is 114 cm³/mol. The van der Waals surface area contributed by atoms with E-state index in [4.69, 9.17) is 9.72 Å². The number of methoxy groups -OCH3 is 1. The van der Waals surface area contributed by atoms with Gasteiger partial charge in [-0.1, -0.05) is 18.2 Å². The highest BCUT2D eigenvalue weighted by atomic mass is 35.5. The number of nitrogens with zero attached hydrogens (tertiary/aromatic N) is 2. The maximum absolute atomic E-state index is 10.2. The number of para-hydroxylation sites is 1. The third kappa shape index (κ3) is 5.32. The second-order valence-electron chi connectivity index (χ2n) is 6.60. The van der Waals surface area contributed by atoms with Gasteiger partial charge in [0, 0.05) is 29.7 Å². The number of rotatable bonds is 7. The summed E-state index contributed by atoms with van der Waals surface area (Å²) in [6, 6.07) is 17.9. The summed E-state index contributed by atoms with van der Waals surface area (Å²) in [4.78, 5) is 6.76. The molecule has 0 aliphatic heterocycles. The molecule has 1 atom stereocenters. The average Bonchev–Trinajstić information content (AvgIpc) is 2.65. The molecule has 0 amide bonds. The largest absolute Gasteiger partial charge is 0.497 e. The zero-order chi connectivity index (χ0) is 18.5. The van der Waals surface area contributed by atoms with Crippen LogP contribution < -0.4 is 10.1 Å². The van der Waals surface area contributed by atoms with E-state index in [1.807, 2.05) is 73.6 Å². The normalized spacial score (nSPS) is 11.9. The van der Waals surface area contributed by atoms with Gasteiger partial charge in [0.05, 0.1) is 24.4 Å². The van der Waals surface area contributed by atoms with Gasteiger partial charge in [0.15, 0.2) is 0 Å². The molecule has 3 rings (SSSR count). The molecule has 144 valence electrons. The van der Waals surface area contributed by atoms with Gasteiger partial charge in [-0.2, -0.15) is 0 Å². The van der Waals surface area contributed by atoms with Crippen LogP contribution in [0.15, 0.2) is 54.6 Å². The van der Waals surface area contributed by atoms with Crippen molar-refractivity contribution < 1.29 is 9.84 Å². The van der Waals surface area contributed by atoms with Gasteiger partial charge in [-0.15, -0.1) is 12.4 Å². The number of anilines is 1. The Morgan fingerprint density at radius 2 is 1.81 bits per heavy atom. The first-order valence-electron chi connectivity index (χ1n) is 8.67. The molecule has 27 heavy (non-hydrogen) atoms. The van der Waals surface area contributed by atoms with Crippen molar-refractivity contribution in [2.45, 2.75) is 6.10 Å². The van der Waals surface area contributed by atoms with E-state index in [0.717, 1.165) is 33.6 Å². The number of aliphatic hydroxyl groups excluding tert-OH is 1. The number of benzene rings is 2. The number of hydrogen-bond acceptors (Lipinski definition) is 5. The van der Waals surface area contributed by atoms with E-state index in [0.29, 0.717) is 13.1 Å². The molecule has 1 aromatic heterocycles. The Kier molecular flexibility index (Phi) is 7.42. The number of nitrogens with one attached hydrogen (secondary N) is 1. The van der Waals surface area contributed by atoms with E-state index in [-0.39, 0.29) is 12.4 Å². The number of aromatic nitrogens is 1. The number of hydrogen-bond donors (Lipinski definition) is 2. The first kappa shape index (κ1) is 21.0. The molecule has 2 aromatic carbocycles. The molecule has 0 radical (unpaired) electrons. The van der Waals surface area contributed by atoms with Crippen molar-refractivity contribution in [2.24, 2.45) is 0 Å². The number of pyridine rings is 1. The van der Waals surface area contributed by atoms with E-state index in [1.165, 1.54) is 0 Å². The fourth-order valence-electron chi connectivity index (χ4n) is 2.95. The van der Waals surface area contributed by atoms with Gasteiger partial charge >= 0.3 is 0 Å². The number of aliphatic hydroxyl groups is 1. The van der Waals surface area contributed by atoms with E-state index < -0.39 is 6.10 Å². The van der Waals surface area contributed by atoms with Crippen molar-refractivity contribution in [1.29, 1.82) is 0 Å². The van der Waals surface area contributed by atoms with Crippen LogP contribution in [-0.2, 0) is 0 Å². The topological polar surface area (TPSA) is 57.6 Å². The predicted octanol–water partition coefficient (Wildman–Crippen LogP) is 3.67. The molecule has 3 aromatic rings. The molecular formula is C21H26ClN3O2. The average molecular weight is 388 g/mol. The minimum atomic E-state index is -0.443. The Bertz CT molecular complexity index is 869. The Hall–Kier alpha value is -2.34. The lowest BCUT2D eigenvalue weighted by atomic mass is 10.1. The van der Waals surface area contributed by atoms with Crippen LogP contribution in [-0.4, -0.2) is 55.4 Å². The molecule has 0 saturated heterocycles. The molecular weight excluding hydrogens is 362 g/mol. The van der Waals surface area contributed by atoms with Crippen LogP contribution in [0.2, 0.25) is 0 Å². The van der Waals surface area contributed by atoms with Gasteiger partial charge in [-0.05, 0) is 50.5 Å². The molecule has 0 bridgehead atoms. The standard InChI is InChI=1S/C21H25N3O2.ClH/c1-24(2)14-16(25)13-22-21-12-20(15-8-10-17(26-3)11-9-15)23-19-7-5-4-6-18(19)21;/h4-12,16,25H,13-14H2,1-3H3,(H,22,23);1H. The highest BCUT2D eigenvalue weighted by Gasteiger charge is 2.10. The lowest BCUT2D eigenvalue weighted by Crippen LogP contribution is -2.31. The summed E-state index contributed by atoms with van der Waals surface area (Å²) in [5.74, 6) is 0.819. The molecule has 0 fully saturated rings. The highest BCUT2D eigenvalue weighted by molar-refractivity contribution is 5.93. The minimum absolute atomic E-state index is 0. The van der Waals surface area contributed by atoms with Crippen LogP contribution in [0.5, 0.6) is 5.75 Å². The number of halogens is 1. The van der Waals surface area contributed by atoms with Gasteiger partial charge in [0.25, 0.3) is 0 Å². The summed E-state index contributed by atoms with van der Waals surface area (Å²) in [6.45, 7) is 1.09. The van der Waals surface area contributed by atoms with Crippen molar-refractivity contribution in [3.8, 4) is 17.0 Å². The lowest BCUT2D eigenvalue weighted by Gasteiger charge is -2.18. The van der Waals surface area contributed by atoms with Crippen molar-refractivity contribution >= 4 is 29.0 Å². The van der Waals surface area contributed by atoms with Crippen LogP contribution in [0.3, 0.4) is 0 Å². The Balaban J connectivity index is 0.00000261. The van der Waals surface area contributed by atoms with Crippen molar-refractivity contribution in [2.75, 3.05) is 39.6 Å². The molecule has 1 unspecified atom stereocenters. The lowest BCUT2D eigenvalue weighted by molar-refractivity contribution is 0.148. The quantitative estimate of drug-likeness (QED) is 0.647. The van der Waals surface area contributed by atoms with Gasteiger partial charge < -0.3 is 20.1 Å². The van der Waals surface area contributed by atoms with Gasteiger partial charge in [0.1, 0.15) is 5.75 Å². The van der Waals surface area contributed by atoms with E-state index >= 15 is 0 Å². The molecule has 5 nitrogen and oxygen atoms in total. The zero-order valence-corrected chi connectivity index (χ0v) is 16.7. The maximum Gasteiger partial charge on any atom is 0.118 e. The van der Waals surface area contributed by atoms with Crippen LogP contribution >= 0.6 is 12.4 Å². The minimum Gasteiger partial charge on any atom is -0.497 e. The molecule has 0 spiro atoms. The molecule has 2 N–H and O–H groups in total. The smallest absolute Gasteiger partial charge is 0.118 e. The summed E-state index contributed by atoms with van der Waals surface area (Å²) >= 11 is 0. The van der Waals surface area contributed by atoms with Crippen molar-refractivity contribution in [1.82, 2.24) is 9.88 Å². The Labute approximate surface area is 166 Å². The van der Waals surface area contributed by atoms with E-state index in [2.05, 4.69) is 5.32 Å². The zero-order valence-electron chi connectivity index (χ0n) is 15.8. The summed E-state index contributed by atoms with van der Waals surface area (Å²) in [7, 11) is 5.56. The fourth-order valence-corrected chi connectivity index (χ4v) is 2.95. The molecule has 1 heterocycles. The Morgan fingerprint density at radius 1 is 1.11 bits per heavy atom. The molecule has 0 aliphatic rings. The number of fused-ring (bicyclic) bond motifs is 1.